The standard InChI is InChI=1S/C9H10BrClN2O2S/c10-6-1-7(16-5-6)3-12-9(15)4-13-8(14)2-11/h1,5H,2-4H2,(H,12,15)(H,13,14). The van der Waals surface area contributed by atoms with E-state index in [1.54, 1.807) is 11.3 Å². The van der Waals surface area contributed by atoms with Gasteiger partial charge in [-0.25, -0.2) is 0 Å². The van der Waals surface area contributed by atoms with Crippen LogP contribution in [0.15, 0.2) is 15.9 Å². The molecule has 2 N–H and O–H groups in total. The summed E-state index contributed by atoms with van der Waals surface area (Å²) in [6.07, 6.45) is 0. The van der Waals surface area contributed by atoms with Crippen molar-refractivity contribution in [2.75, 3.05) is 12.4 Å². The third-order valence-corrected chi connectivity index (χ3v) is 3.59. The van der Waals surface area contributed by atoms with Crippen LogP contribution in [0.25, 0.3) is 0 Å². The van der Waals surface area contributed by atoms with Crippen molar-refractivity contribution >= 4 is 50.7 Å². The number of thiophene rings is 1. The number of rotatable bonds is 5. The highest BCUT2D eigenvalue weighted by Gasteiger charge is 2.04. The van der Waals surface area contributed by atoms with Gasteiger partial charge in [-0.1, -0.05) is 0 Å². The summed E-state index contributed by atoms with van der Waals surface area (Å²) in [5.41, 5.74) is 0. The molecule has 0 aliphatic carbocycles. The summed E-state index contributed by atoms with van der Waals surface area (Å²) in [4.78, 5) is 23.1. The molecular weight excluding hydrogens is 316 g/mol. The van der Waals surface area contributed by atoms with E-state index in [9.17, 15) is 9.59 Å². The maximum Gasteiger partial charge on any atom is 0.239 e. The number of hydrogen-bond donors (Lipinski definition) is 2. The summed E-state index contributed by atoms with van der Waals surface area (Å²) in [5, 5.41) is 7.01. The molecule has 4 nitrogen and oxygen atoms in total. The molecule has 0 aliphatic rings. The molecule has 88 valence electrons. The van der Waals surface area contributed by atoms with Gasteiger partial charge in [0.05, 0.1) is 13.1 Å². The van der Waals surface area contributed by atoms with Crippen molar-refractivity contribution in [1.29, 1.82) is 0 Å². The minimum Gasteiger partial charge on any atom is -0.350 e. The summed E-state index contributed by atoms with van der Waals surface area (Å²) in [6.45, 7) is 0.421. The van der Waals surface area contributed by atoms with Crippen molar-refractivity contribution in [1.82, 2.24) is 10.6 Å². The molecule has 0 spiro atoms. The minimum atomic E-state index is -0.351. The Morgan fingerprint density at radius 1 is 1.38 bits per heavy atom. The van der Waals surface area contributed by atoms with Crippen LogP contribution in [0.4, 0.5) is 0 Å². The van der Waals surface area contributed by atoms with E-state index in [-0.39, 0.29) is 24.2 Å². The van der Waals surface area contributed by atoms with E-state index >= 15 is 0 Å². The summed E-state index contributed by atoms with van der Waals surface area (Å²) < 4.78 is 0.997. The zero-order chi connectivity index (χ0) is 12.0. The van der Waals surface area contributed by atoms with Crippen LogP contribution in [0.2, 0.25) is 0 Å². The van der Waals surface area contributed by atoms with Crippen molar-refractivity contribution in [2.45, 2.75) is 6.54 Å². The predicted octanol–water partition coefficient (Wildman–Crippen LogP) is 1.48. The lowest BCUT2D eigenvalue weighted by Crippen LogP contribution is -2.36. The number of amides is 2. The van der Waals surface area contributed by atoms with Crippen LogP contribution in [0.5, 0.6) is 0 Å². The minimum absolute atomic E-state index is 0.0436. The zero-order valence-corrected chi connectivity index (χ0v) is 11.4. The molecule has 16 heavy (non-hydrogen) atoms. The van der Waals surface area contributed by atoms with Crippen LogP contribution < -0.4 is 10.6 Å². The molecule has 7 heteroatoms. The fourth-order valence-corrected chi connectivity index (χ4v) is 2.41. The predicted molar refractivity (Wildman–Crippen MR) is 67.6 cm³/mol. The van der Waals surface area contributed by atoms with E-state index in [0.29, 0.717) is 6.54 Å². The van der Waals surface area contributed by atoms with E-state index in [0.717, 1.165) is 9.35 Å². The van der Waals surface area contributed by atoms with E-state index < -0.39 is 0 Å². The number of hydrogen-bond acceptors (Lipinski definition) is 3. The quantitative estimate of drug-likeness (QED) is 0.806. The molecule has 1 heterocycles. The van der Waals surface area contributed by atoms with Crippen molar-refractivity contribution in [2.24, 2.45) is 0 Å². The second kappa shape index (κ2) is 6.88. The lowest BCUT2D eigenvalue weighted by atomic mass is 10.4. The van der Waals surface area contributed by atoms with Crippen LogP contribution >= 0.6 is 38.9 Å². The monoisotopic (exact) mass is 324 g/mol. The summed E-state index contributed by atoms with van der Waals surface area (Å²) in [7, 11) is 0. The van der Waals surface area contributed by atoms with E-state index in [2.05, 4.69) is 26.6 Å². The molecule has 0 fully saturated rings. The lowest BCUT2D eigenvalue weighted by Gasteiger charge is -2.04. The van der Waals surface area contributed by atoms with Crippen molar-refractivity contribution in [3.8, 4) is 0 Å². The van der Waals surface area contributed by atoms with Gasteiger partial charge in [0.25, 0.3) is 0 Å². The number of alkyl halides is 1. The second-order valence-corrected chi connectivity index (χ2v) is 5.10. The van der Waals surface area contributed by atoms with Gasteiger partial charge in [0.15, 0.2) is 0 Å². The number of carbonyl (C=O) groups is 2. The van der Waals surface area contributed by atoms with E-state index in [1.165, 1.54) is 0 Å². The third kappa shape index (κ3) is 4.96. The molecule has 1 aromatic rings. The van der Waals surface area contributed by atoms with E-state index in [4.69, 9.17) is 11.6 Å². The SMILES string of the molecule is O=C(CCl)NCC(=O)NCc1cc(Br)cs1. The van der Waals surface area contributed by atoms with Crippen molar-refractivity contribution < 1.29 is 9.59 Å². The van der Waals surface area contributed by atoms with Gasteiger partial charge in [0.2, 0.25) is 11.8 Å². The smallest absolute Gasteiger partial charge is 0.239 e. The van der Waals surface area contributed by atoms with Gasteiger partial charge in [-0.2, -0.15) is 0 Å². The average Bonchev–Trinajstić information content (AvgIpc) is 2.69. The molecule has 0 bridgehead atoms. The zero-order valence-electron chi connectivity index (χ0n) is 8.26. The Balaban J connectivity index is 2.22. The van der Waals surface area contributed by atoms with Crippen LogP contribution in [-0.2, 0) is 16.1 Å². The Hall–Kier alpha value is -0.590. The van der Waals surface area contributed by atoms with Gasteiger partial charge in [0, 0.05) is 14.7 Å². The Labute approximate surface area is 110 Å². The number of nitrogens with one attached hydrogen (secondary N) is 2. The first-order chi connectivity index (χ1) is 7.61. The van der Waals surface area contributed by atoms with Crippen LogP contribution in [0, 0.1) is 0 Å². The molecule has 1 rings (SSSR count). The molecule has 0 saturated heterocycles. The molecule has 1 aromatic heterocycles. The Morgan fingerprint density at radius 2 is 2.12 bits per heavy atom. The highest BCUT2D eigenvalue weighted by molar-refractivity contribution is 9.10. The summed E-state index contributed by atoms with van der Waals surface area (Å²) in [5.74, 6) is -0.718. The Kier molecular flexibility index (Phi) is 5.79. The number of carbonyl (C=O) groups excluding carboxylic acids is 2. The van der Waals surface area contributed by atoms with Crippen molar-refractivity contribution in [3.05, 3.63) is 20.8 Å². The Bertz CT molecular complexity index is 383. The third-order valence-electron chi connectivity index (χ3n) is 1.65. The van der Waals surface area contributed by atoms with Gasteiger partial charge in [-0.3, -0.25) is 9.59 Å². The first-order valence-corrected chi connectivity index (χ1v) is 6.65. The number of halogens is 2. The molecule has 0 saturated carbocycles. The van der Waals surface area contributed by atoms with Gasteiger partial charge < -0.3 is 10.6 Å². The van der Waals surface area contributed by atoms with Gasteiger partial charge in [0.1, 0.15) is 5.88 Å². The summed E-state index contributed by atoms with van der Waals surface area (Å²) >= 11 is 10.1. The van der Waals surface area contributed by atoms with Crippen LogP contribution in [0.3, 0.4) is 0 Å². The maximum absolute atomic E-state index is 11.3. The molecule has 0 unspecified atom stereocenters. The first-order valence-electron chi connectivity index (χ1n) is 4.44. The van der Waals surface area contributed by atoms with Crippen molar-refractivity contribution in [3.63, 3.8) is 0 Å². The Morgan fingerprint density at radius 3 is 2.69 bits per heavy atom. The second-order valence-electron chi connectivity index (χ2n) is 2.92. The normalized spacial score (nSPS) is 9.88. The maximum atomic E-state index is 11.3. The van der Waals surface area contributed by atoms with Gasteiger partial charge >= 0.3 is 0 Å². The molecule has 0 radical (unpaired) electrons. The highest BCUT2D eigenvalue weighted by atomic mass is 79.9. The molecule has 0 aromatic carbocycles. The molecule has 0 aliphatic heterocycles. The summed E-state index contributed by atoms with van der Waals surface area (Å²) in [6, 6.07) is 1.93. The highest BCUT2D eigenvalue weighted by Crippen LogP contribution is 2.19. The molecule has 2 amide bonds. The van der Waals surface area contributed by atoms with Gasteiger partial charge in [-0.05, 0) is 22.0 Å². The van der Waals surface area contributed by atoms with Gasteiger partial charge in [-0.15, -0.1) is 22.9 Å². The largest absolute Gasteiger partial charge is 0.350 e. The molecular formula is C9H10BrClN2O2S. The average molecular weight is 326 g/mol. The van der Waals surface area contributed by atoms with Crippen LogP contribution in [0.1, 0.15) is 4.88 Å². The fourth-order valence-electron chi connectivity index (χ4n) is 0.921. The first kappa shape index (κ1) is 13.5. The fraction of sp³-hybridized carbons (Fsp3) is 0.333. The van der Waals surface area contributed by atoms with Crippen LogP contribution in [-0.4, -0.2) is 24.2 Å². The lowest BCUT2D eigenvalue weighted by molar-refractivity contribution is -0.124. The topological polar surface area (TPSA) is 58.2 Å². The van der Waals surface area contributed by atoms with E-state index in [1.807, 2.05) is 11.4 Å². The molecule has 0 atom stereocenters.